The molecular formula is C10H11ClN4O2. The van der Waals surface area contributed by atoms with E-state index < -0.39 is 5.69 Å². The maximum absolute atomic E-state index is 11.5. The molecule has 0 aromatic carbocycles. The van der Waals surface area contributed by atoms with Crippen molar-refractivity contribution in [3.8, 4) is 0 Å². The van der Waals surface area contributed by atoms with Crippen LogP contribution < -0.4 is 11.2 Å². The normalized spacial score (nSPS) is 10.8. The third-order valence-corrected chi connectivity index (χ3v) is 3.01. The molecule has 0 fully saturated rings. The van der Waals surface area contributed by atoms with Crippen LogP contribution in [0.1, 0.15) is 11.4 Å². The summed E-state index contributed by atoms with van der Waals surface area (Å²) in [6, 6.07) is 1.29. The van der Waals surface area contributed by atoms with Crippen molar-refractivity contribution in [2.24, 2.45) is 7.05 Å². The van der Waals surface area contributed by atoms with E-state index in [-0.39, 0.29) is 12.1 Å². The maximum atomic E-state index is 11.5. The second-order valence-corrected chi connectivity index (χ2v) is 4.05. The Balaban J connectivity index is 2.52. The van der Waals surface area contributed by atoms with Crippen LogP contribution in [-0.2, 0) is 13.6 Å². The summed E-state index contributed by atoms with van der Waals surface area (Å²) in [5.74, 6) is 0. The molecule has 0 unspecified atom stereocenters. The zero-order valence-electron chi connectivity index (χ0n) is 9.40. The van der Waals surface area contributed by atoms with Gasteiger partial charge in [-0.15, -0.1) is 0 Å². The van der Waals surface area contributed by atoms with Gasteiger partial charge in [0, 0.05) is 19.3 Å². The van der Waals surface area contributed by atoms with Crippen molar-refractivity contribution in [3.63, 3.8) is 0 Å². The van der Waals surface area contributed by atoms with E-state index in [9.17, 15) is 9.59 Å². The molecule has 0 spiro atoms. The van der Waals surface area contributed by atoms with Crippen molar-refractivity contribution in [3.05, 3.63) is 49.5 Å². The first-order valence-electron chi connectivity index (χ1n) is 4.97. The van der Waals surface area contributed by atoms with Crippen molar-refractivity contribution < 1.29 is 0 Å². The molecule has 2 rings (SSSR count). The fourth-order valence-corrected chi connectivity index (χ4v) is 1.82. The van der Waals surface area contributed by atoms with Gasteiger partial charge in [0.2, 0.25) is 0 Å². The molecular weight excluding hydrogens is 244 g/mol. The van der Waals surface area contributed by atoms with E-state index in [1.807, 2.05) is 0 Å². The minimum Gasteiger partial charge on any atom is -0.314 e. The number of halogens is 1. The highest BCUT2D eigenvalue weighted by Gasteiger charge is 2.13. The largest absolute Gasteiger partial charge is 0.328 e. The van der Waals surface area contributed by atoms with Crippen molar-refractivity contribution in [1.29, 1.82) is 0 Å². The van der Waals surface area contributed by atoms with Crippen LogP contribution in [0, 0.1) is 6.92 Å². The molecule has 0 aliphatic rings. The van der Waals surface area contributed by atoms with E-state index in [4.69, 9.17) is 11.6 Å². The number of aryl methyl sites for hydroxylation is 2. The van der Waals surface area contributed by atoms with Crippen LogP contribution >= 0.6 is 11.6 Å². The summed E-state index contributed by atoms with van der Waals surface area (Å²) in [6.45, 7) is 1.87. The van der Waals surface area contributed by atoms with Crippen LogP contribution in [0.4, 0.5) is 0 Å². The molecule has 6 nitrogen and oxygen atoms in total. The molecule has 2 heterocycles. The number of aromatic amines is 1. The molecule has 2 aromatic rings. The van der Waals surface area contributed by atoms with Gasteiger partial charge in [0.1, 0.15) is 0 Å². The first-order valence-corrected chi connectivity index (χ1v) is 5.35. The second kappa shape index (κ2) is 4.21. The number of rotatable bonds is 2. The van der Waals surface area contributed by atoms with Crippen molar-refractivity contribution in [2.45, 2.75) is 13.5 Å². The number of hydrogen-bond acceptors (Lipinski definition) is 3. The van der Waals surface area contributed by atoms with E-state index in [0.29, 0.717) is 16.4 Å². The molecule has 0 radical (unpaired) electrons. The Bertz CT molecular complexity index is 639. The third-order valence-electron chi connectivity index (χ3n) is 2.51. The van der Waals surface area contributed by atoms with E-state index in [2.05, 4.69) is 10.1 Å². The van der Waals surface area contributed by atoms with Crippen molar-refractivity contribution in [1.82, 2.24) is 19.3 Å². The monoisotopic (exact) mass is 254 g/mol. The van der Waals surface area contributed by atoms with Gasteiger partial charge < -0.3 is 4.98 Å². The van der Waals surface area contributed by atoms with Crippen LogP contribution in [0.3, 0.4) is 0 Å². The van der Waals surface area contributed by atoms with Gasteiger partial charge in [-0.05, 0) is 6.92 Å². The van der Waals surface area contributed by atoms with Gasteiger partial charge in [-0.25, -0.2) is 4.79 Å². The first-order chi connectivity index (χ1) is 8.00. The number of aromatic nitrogens is 4. The van der Waals surface area contributed by atoms with Crippen LogP contribution in [0.2, 0.25) is 5.02 Å². The topological polar surface area (TPSA) is 72.7 Å². The Morgan fingerprint density at radius 2 is 2.18 bits per heavy atom. The Morgan fingerprint density at radius 1 is 1.47 bits per heavy atom. The summed E-state index contributed by atoms with van der Waals surface area (Å²) in [7, 11) is 1.72. The Kier molecular flexibility index (Phi) is 2.89. The Morgan fingerprint density at radius 3 is 2.71 bits per heavy atom. The lowest BCUT2D eigenvalue weighted by atomic mass is 10.3. The number of nitrogens with zero attached hydrogens (tertiary/aromatic N) is 3. The van der Waals surface area contributed by atoms with Crippen LogP contribution in [0.25, 0.3) is 0 Å². The zero-order chi connectivity index (χ0) is 12.6. The third kappa shape index (κ3) is 2.03. The highest BCUT2D eigenvalue weighted by molar-refractivity contribution is 6.31. The van der Waals surface area contributed by atoms with Gasteiger partial charge in [0.05, 0.1) is 23.0 Å². The van der Waals surface area contributed by atoms with E-state index in [0.717, 1.165) is 4.57 Å². The molecule has 17 heavy (non-hydrogen) atoms. The lowest BCUT2D eigenvalue weighted by Crippen LogP contribution is -2.34. The highest BCUT2D eigenvalue weighted by atomic mass is 35.5. The smallest absolute Gasteiger partial charge is 0.314 e. The molecule has 0 aliphatic heterocycles. The minimum absolute atomic E-state index is 0.102. The lowest BCUT2D eigenvalue weighted by molar-refractivity contribution is 0.627. The molecule has 7 heteroatoms. The summed E-state index contributed by atoms with van der Waals surface area (Å²) in [6.07, 6.45) is 1.32. The summed E-state index contributed by atoms with van der Waals surface area (Å²) in [5.41, 5.74) is 0.462. The van der Waals surface area contributed by atoms with Crippen molar-refractivity contribution in [2.75, 3.05) is 0 Å². The van der Waals surface area contributed by atoms with E-state index in [1.165, 1.54) is 12.3 Å². The fourth-order valence-electron chi connectivity index (χ4n) is 1.60. The summed E-state index contributed by atoms with van der Waals surface area (Å²) >= 11 is 6.06. The number of H-pyrrole nitrogens is 1. The Labute approximate surface area is 101 Å². The van der Waals surface area contributed by atoms with Gasteiger partial charge in [-0.3, -0.25) is 14.0 Å². The second-order valence-electron chi connectivity index (χ2n) is 3.68. The molecule has 0 amide bonds. The SMILES string of the molecule is Cc1nn(C)c(Cn2c(=O)cc[nH]c2=O)c1Cl. The van der Waals surface area contributed by atoms with Gasteiger partial charge in [-0.1, -0.05) is 11.6 Å². The molecule has 90 valence electrons. The predicted octanol–water partition coefficient (Wildman–Crippen LogP) is 0.280. The van der Waals surface area contributed by atoms with Gasteiger partial charge in [0.25, 0.3) is 5.56 Å². The molecule has 0 atom stereocenters. The standard InChI is InChI=1S/C10H11ClN4O2/c1-6-9(11)7(14(2)13-6)5-15-8(16)3-4-12-10(15)17/h3-4H,5H2,1-2H3,(H,12,17). The van der Waals surface area contributed by atoms with Crippen LogP contribution in [0.15, 0.2) is 21.9 Å². The average molecular weight is 255 g/mol. The number of nitrogens with one attached hydrogen (secondary N) is 1. The fraction of sp³-hybridized carbons (Fsp3) is 0.300. The summed E-state index contributed by atoms with van der Waals surface area (Å²) in [4.78, 5) is 25.5. The van der Waals surface area contributed by atoms with Gasteiger partial charge >= 0.3 is 5.69 Å². The van der Waals surface area contributed by atoms with Gasteiger partial charge in [-0.2, -0.15) is 5.10 Å². The quantitative estimate of drug-likeness (QED) is 0.837. The lowest BCUT2D eigenvalue weighted by Gasteiger charge is -2.04. The summed E-state index contributed by atoms with van der Waals surface area (Å²) < 4.78 is 2.64. The molecule has 0 saturated carbocycles. The molecule has 0 aliphatic carbocycles. The molecule has 2 aromatic heterocycles. The minimum atomic E-state index is -0.465. The first kappa shape index (κ1) is 11.7. The zero-order valence-corrected chi connectivity index (χ0v) is 10.2. The molecule has 0 saturated heterocycles. The highest BCUT2D eigenvalue weighted by Crippen LogP contribution is 2.19. The summed E-state index contributed by atoms with van der Waals surface area (Å²) in [5, 5.41) is 4.60. The van der Waals surface area contributed by atoms with E-state index >= 15 is 0 Å². The Hall–Kier alpha value is -1.82. The van der Waals surface area contributed by atoms with Gasteiger partial charge in [0.15, 0.2) is 0 Å². The maximum Gasteiger partial charge on any atom is 0.328 e. The van der Waals surface area contributed by atoms with Crippen LogP contribution in [-0.4, -0.2) is 19.3 Å². The predicted molar refractivity (Wildman–Crippen MR) is 63.4 cm³/mol. The van der Waals surface area contributed by atoms with Crippen LogP contribution in [0.5, 0.6) is 0 Å². The van der Waals surface area contributed by atoms with E-state index in [1.54, 1.807) is 18.7 Å². The van der Waals surface area contributed by atoms with Crippen molar-refractivity contribution >= 4 is 11.6 Å². The number of hydrogen-bond donors (Lipinski definition) is 1. The molecule has 1 N–H and O–H groups in total. The average Bonchev–Trinajstić information content (AvgIpc) is 2.49. The molecule has 0 bridgehead atoms.